The Morgan fingerprint density at radius 3 is 2.72 bits per heavy atom. The van der Waals surface area contributed by atoms with Crippen LogP contribution in [-0.2, 0) is 11.8 Å². The van der Waals surface area contributed by atoms with Crippen molar-refractivity contribution in [3.63, 3.8) is 0 Å². The summed E-state index contributed by atoms with van der Waals surface area (Å²) >= 11 is 6.42. The van der Waals surface area contributed by atoms with Gasteiger partial charge in [-0.25, -0.2) is 0 Å². The molecule has 0 radical (unpaired) electrons. The highest BCUT2D eigenvalue weighted by atomic mass is 35.5. The van der Waals surface area contributed by atoms with Gasteiger partial charge in [0, 0.05) is 37.4 Å². The molecule has 2 heterocycles. The molecule has 25 heavy (non-hydrogen) atoms. The number of nitrogens with one attached hydrogen (secondary N) is 1. The molecular weight excluding hydrogens is 340 g/mol. The molecule has 1 aliphatic heterocycles. The maximum atomic E-state index is 12.5. The van der Waals surface area contributed by atoms with Gasteiger partial charge in [-0.1, -0.05) is 29.8 Å². The Morgan fingerprint density at radius 1 is 1.36 bits per heavy atom. The van der Waals surface area contributed by atoms with E-state index in [0.717, 1.165) is 24.3 Å². The number of ether oxygens (including phenoxy) is 1. The number of morpholine rings is 1. The molecule has 6 nitrogen and oxygen atoms in total. The third-order valence-electron chi connectivity index (χ3n) is 4.69. The lowest BCUT2D eigenvalue weighted by Gasteiger charge is -2.35. The summed E-state index contributed by atoms with van der Waals surface area (Å²) < 4.78 is 7.15. The summed E-state index contributed by atoms with van der Waals surface area (Å²) in [5, 5.41) is 7.89. The van der Waals surface area contributed by atoms with Gasteiger partial charge < -0.3 is 10.1 Å². The van der Waals surface area contributed by atoms with Gasteiger partial charge in [-0.05, 0) is 18.6 Å². The first-order valence-electron chi connectivity index (χ1n) is 8.41. The molecule has 1 amide bonds. The average molecular weight is 363 g/mol. The predicted molar refractivity (Wildman–Crippen MR) is 96.9 cm³/mol. The summed E-state index contributed by atoms with van der Waals surface area (Å²) in [6.45, 7) is 5.38. The highest BCUT2D eigenvalue weighted by molar-refractivity contribution is 6.31. The topological polar surface area (TPSA) is 59.4 Å². The van der Waals surface area contributed by atoms with Crippen LogP contribution in [0.15, 0.2) is 30.5 Å². The minimum atomic E-state index is -0.115. The molecule has 0 bridgehead atoms. The number of aromatic nitrogens is 2. The number of hydrogen-bond donors (Lipinski definition) is 1. The highest BCUT2D eigenvalue weighted by Crippen LogP contribution is 2.27. The first-order chi connectivity index (χ1) is 12.1. The van der Waals surface area contributed by atoms with Gasteiger partial charge in [0.1, 0.15) is 0 Å². The minimum Gasteiger partial charge on any atom is -0.379 e. The Kier molecular flexibility index (Phi) is 5.73. The second kappa shape index (κ2) is 7.99. The number of amides is 1. The molecule has 1 aromatic heterocycles. The van der Waals surface area contributed by atoms with Gasteiger partial charge in [-0.3, -0.25) is 14.4 Å². The molecule has 1 atom stereocenters. The van der Waals surface area contributed by atoms with Gasteiger partial charge in [0.25, 0.3) is 5.91 Å². The fourth-order valence-electron chi connectivity index (χ4n) is 3.08. The first kappa shape index (κ1) is 17.9. The maximum Gasteiger partial charge on any atom is 0.254 e. The zero-order valence-electron chi connectivity index (χ0n) is 14.5. The van der Waals surface area contributed by atoms with Crippen molar-refractivity contribution in [2.45, 2.75) is 13.0 Å². The van der Waals surface area contributed by atoms with E-state index in [1.165, 1.54) is 0 Å². The van der Waals surface area contributed by atoms with E-state index in [9.17, 15) is 4.79 Å². The Bertz CT molecular complexity index is 740. The average Bonchev–Trinajstić information content (AvgIpc) is 2.96. The van der Waals surface area contributed by atoms with E-state index in [0.29, 0.717) is 30.3 Å². The third-order valence-corrected chi connectivity index (χ3v) is 5.03. The van der Waals surface area contributed by atoms with E-state index in [2.05, 4.69) is 15.3 Å². The summed E-state index contributed by atoms with van der Waals surface area (Å²) in [5.74, 6) is -0.115. The lowest BCUT2D eigenvalue weighted by Crippen LogP contribution is -2.44. The molecular formula is C18H23ClN4O2. The number of carbonyl (C=O) groups excluding carboxylic acids is 1. The van der Waals surface area contributed by atoms with Crippen LogP contribution in [0, 0.1) is 6.92 Å². The molecule has 2 aromatic rings. The molecule has 0 aliphatic carbocycles. The van der Waals surface area contributed by atoms with E-state index in [1.807, 2.05) is 38.2 Å². The summed E-state index contributed by atoms with van der Waals surface area (Å²) in [5.41, 5.74) is 2.47. The number of rotatable bonds is 5. The Labute approximate surface area is 152 Å². The molecule has 1 fully saturated rings. The smallest absolute Gasteiger partial charge is 0.254 e. The van der Waals surface area contributed by atoms with Gasteiger partial charge >= 0.3 is 0 Å². The zero-order valence-corrected chi connectivity index (χ0v) is 15.3. The molecule has 1 aromatic carbocycles. The lowest BCUT2D eigenvalue weighted by atomic mass is 10.0. The lowest BCUT2D eigenvalue weighted by molar-refractivity contribution is 0.0162. The second-order valence-corrected chi connectivity index (χ2v) is 6.57. The molecule has 0 unspecified atom stereocenters. The zero-order chi connectivity index (χ0) is 17.8. The number of hydrogen-bond acceptors (Lipinski definition) is 4. The molecule has 7 heteroatoms. The minimum absolute atomic E-state index is 0.0125. The highest BCUT2D eigenvalue weighted by Gasteiger charge is 2.25. The largest absolute Gasteiger partial charge is 0.379 e. The Morgan fingerprint density at radius 2 is 2.08 bits per heavy atom. The van der Waals surface area contributed by atoms with Crippen molar-refractivity contribution >= 4 is 17.5 Å². The quantitative estimate of drug-likeness (QED) is 0.885. The van der Waals surface area contributed by atoms with Gasteiger partial charge in [-0.15, -0.1) is 0 Å². The SMILES string of the molecule is Cc1c(C(=O)NC[C@H](c2ccccc2Cl)N2CCOCC2)cnn1C. The van der Waals surface area contributed by atoms with Crippen LogP contribution in [0.1, 0.15) is 27.7 Å². The summed E-state index contributed by atoms with van der Waals surface area (Å²) in [6.07, 6.45) is 1.60. The monoisotopic (exact) mass is 362 g/mol. The summed E-state index contributed by atoms with van der Waals surface area (Å²) in [6, 6.07) is 7.81. The summed E-state index contributed by atoms with van der Waals surface area (Å²) in [4.78, 5) is 14.8. The number of benzene rings is 1. The van der Waals surface area contributed by atoms with E-state index >= 15 is 0 Å². The number of halogens is 1. The number of aryl methyl sites for hydroxylation is 1. The summed E-state index contributed by atoms with van der Waals surface area (Å²) in [7, 11) is 1.83. The molecule has 1 saturated heterocycles. The standard InChI is InChI=1S/C18H23ClN4O2/c1-13-15(11-21-22(13)2)18(24)20-12-17(23-7-9-25-10-8-23)14-5-3-4-6-16(14)19/h3-6,11,17H,7-10,12H2,1-2H3,(H,20,24)/t17-/m1/s1. The molecule has 0 spiro atoms. The van der Waals surface area contributed by atoms with Crippen LogP contribution in [0.4, 0.5) is 0 Å². The van der Waals surface area contributed by atoms with Crippen molar-refractivity contribution in [2.75, 3.05) is 32.8 Å². The van der Waals surface area contributed by atoms with Crippen LogP contribution in [0.3, 0.4) is 0 Å². The van der Waals surface area contributed by atoms with Gasteiger partial charge in [0.05, 0.1) is 31.0 Å². The van der Waals surface area contributed by atoms with Crippen LogP contribution >= 0.6 is 11.6 Å². The van der Waals surface area contributed by atoms with Crippen molar-refractivity contribution in [1.29, 1.82) is 0 Å². The Hall–Kier alpha value is -1.89. The van der Waals surface area contributed by atoms with E-state index in [-0.39, 0.29) is 11.9 Å². The normalized spacial score (nSPS) is 16.6. The van der Waals surface area contributed by atoms with Gasteiger partial charge in [0.2, 0.25) is 0 Å². The molecule has 1 N–H and O–H groups in total. The fourth-order valence-corrected chi connectivity index (χ4v) is 3.34. The van der Waals surface area contributed by atoms with Crippen molar-refractivity contribution in [1.82, 2.24) is 20.0 Å². The van der Waals surface area contributed by atoms with Crippen molar-refractivity contribution in [2.24, 2.45) is 7.05 Å². The van der Waals surface area contributed by atoms with Gasteiger partial charge in [0.15, 0.2) is 0 Å². The second-order valence-electron chi connectivity index (χ2n) is 6.16. The first-order valence-corrected chi connectivity index (χ1v) is 8.78. The van der Waals surface area contributed by atoms with Crippen LogP contribution < -0.4 is 5.32 Å². The van der Waals surface area contributed by atoms with E-state index in [4.69, 9.17) is 16.3 Å². The van der Waals surface area contributed by atoms with Crippen molar-refractivity contribution < 1.29 is 9.53 Å². The van der Waals surface area contributed by atoms with Crippen LogP contribution in [0.2, 0.25) is 5.02 Å². The van der Waals surface area contributed by atoms with Crippen molar-refractivity contribution in [3.05, 3.63) is 52.3 Å². The van der Waals surface area contributed by atoms with Gasteiger partial charge in [-0.2, -0.15) is 5.10 Å². The van der Waals surface area contributed by atoms with Crippen LogP contribution in [0.5, 0.6) is 0 Å². The molecule has 1 aliphatic rings. The molecule has 134 valence electrons. The predicted octanol–water partition coefficient (Wildman–Crippen LogP) is 2.19. The number of carbonyl (C=O) groups is 1. The number of nitrogens with zero attached hydrogens (tertiary/aromatic N) is 3. The van der Waals surface area contributed by atoms with Crippen LogP contribution in [-0.4, -0.2) is 53.4 Å². The Balaban J connectivity index is 1.77. The fraction of sp³-hybridized carbons (Fsp3) is 0.444. The van der Waals surface area contributed by atoms with Crippen molar-refractivity contribution in [3.8, 4) is 0 Å². The molecule has 0 saturated carbocycles. The third kappa shape index (κ3) is 4.03. The van der Waals surface area contributed by atoms with Crippen LogP contribution in [0.25, 0.3) is 0 Å². The van der Waals surface area contributed by atoms with E-state index < -0.39 is 0 Å². The van der Waals surface area contributed by atoms with E-state index in [1.54, 1.807) is 10.9 Å². The maximum absolute atomic E-state index is 12.5. The molecule has 3 rings (SSSR count).